The number of hydrogen-bond donors (Lipinski definition) is 0. The van der Waals surface area contributed by atoms with E-state index in [4.69, 9.17) is 19.4 Å². The summed E-state index contributed by atoms with van der Waals surface area (Å²) in [7, 11) is 0. The first-order chi connectivity index (χ1) is 24.3. The van der Waals surface area contributed by atoms with E-state index >= 15 is 0 Å². The normalized spacial score (nSPS) is 12.1. The lowest BCUT2D eigenvalue weighted by Gasteiger charge is -2.11. The van der Waals surface area contributed by atoms with Gasteiger partial charge in [0.15, 0.2) is 11.4 Å². The lowest BCUT2D eigenvalue weighted by atomic mass is 10.0. The molecule has 0 saturated heterocycles. The quantitative estimate of drug-likeness (QED) is 0.192. The molecule has 6 heteroatoms. The van der Waals surface area contributed by atoms with Crippen LogP contribution in [-0.2, 0) is 0 Å². The van der Waals surface area contributed by atoms with Crippen molar-refractivity contribution < 1.29 is 4.42 Å². The second-order valence-corrected chi connectivity index (χ2v) is 13.4. The number of fused-ring (bicyclic) bond motifs is 12. The number of thiophene rings is 1. The third-order valence-electron chi connectivity index (χ3n) is 9.67. The summed E-state index contributed by atoms with van der Waals surface area (Å²) >= 11 is 1.73. The first-order valence-electron chi connectivity index (χ1n) is 16.3. The third-order valence-corrected chi connectivity index (χ3v) is 10.8. The highest BCUT2D eigenvalue weighted by atomic mass is 32.1. The van der Waals surface area contributed by atoms with Crippen LogP contribution in [0.3, 0.4) is 0 Å². The van der Waals surface area contributed by atoms with E-state index < -0.39 is 0 Å². The van der Waals surface area contributed by atoms with Crippen LogP contribution in [0.5, 0.6) is 0 Å². The average Bonchev–Trinajstić information content (AvgIpc) is 3.85. The second kappa shape index (κ2) is 10.1. The molecule has 0 aliphatic carbocycles. The second-order valence-electron chi connectivity index (χ2n) is 12.4. The van der Waals surface area contributed by atoms with Crippen molar-refractivity contribution in [3.05, 3.63) is 146 Å². The van der Waals surface area contributed by atoms with E-state index in [-0.39, 0.29) is 0 Å². The van der Waals surface area contributed by atoms with Gasteiger partial charge in [-0.3, -0.25) is 4.98 Å². The van der Waals surface area contributed by atoms with Crippen LogP contribution in [0.1, 0.15) is 0 Å². The maximum absolute atomic E-state index is 6.46. The molecule has 6 aromatic carbocycles. The SMILES string of the molecule is c1ccc(-c2nc(-c3ccccc3)c3c(n2)sc2c(-n4c5ccccc5c5cnc6c(ccc7c8ccccc8oc76)c54)cccc23)cc1. The Hall–Kier alpha value is -6.37. The van der Waals surface area contributed by atoms with Crippen LogP contribution >= 0.6 is 11.3 Å². The van der Waals surface area contributed by atoms with Crippen LogP contribution in [0.4, 0.5) is 0 Å². The minimum absolute atomic E-state index is 0.726. The summed E-state index contributed by atoms with van der Waals surface area (Å²) in [6, 6.07) is 48.5. The van der Waals surface area contributed by atoms with Crippen molar-refractivity contribution in [1.29, 1.82) is 0 Å². The fourth-order valence-electron chi connectivity index (χ4n) is 7.51. The Balaban J connectivity index is 1.27. The lowest BCUT2D eigenvalue weighted by Crippen LogP contribution is -1.95. The smallest absolute Gasteiger partial charge is 0.161 e. The summed E-state index contributed by atoms with van der Waals surface area (Å²) in [5.41, 5.74) is 8.89. The Bertz CT molecular complexity index is 3100. The van der Waals surface area contributed by atoms with Crippen molar-refractivity contribution in [1.82, 2.24) is 19.5 Å². The average molecular weight is 645 g/mol. The molecular weight excluding hydrogens is 621 g/mol. The maximum Gasteiger partial charge on any atom is 0.161 e. The molecule has 0 aliphatic heterocycles. The molecule has 11 aromatic rings. The zero-order chi connectivity index (χ0) is 32.1. The van der Waals surface area contributed by atoms with Gasteiger partial charge in [-0.1, -0.05) is 109 Å². The number of aromatic nitrogens is 4. The predicted octanol–water partition coefficient (Wildman–Crippen LogP) is 11.7. The molecular formula is C43H24N4OS. The van der Waals surface area contributed by atoms with Gasteiger partial charge >= 0.3 is 0 Å². The van der Waals surface area contributed by atoms with E-state index in [2.05, 4.69) is 108 Å². The summed E-state index contributed by atoms with van der Waals surface area (Å²) in [5.74, 6) is 0.726. The van der Waals surface area contributed by atoms with Crippen LogP contribution in [0, 0.1) is 0 Å². The molecule has 0 aliphatic rings. The van der Waals surface area contributed by atoms with Crippen LogP contribution in [0.25, 0.3) is 103 Å². The highest BCUT2D eigenvalue weighted by Crippen LogP contribution is 2.45. The molecule has 0 radical (unpaired) electrons. The fourth-order valence-corrected chi connectivity index (χ4v) is 8.69. The molecule has 5 nitrogen and oxygen atoms in total. The number of para-hydroxylation sites is 2. The number of furan rings is 1. The number of benzene rings is 6. The summed E-state index contributed by atoms with van der Waals surface area (Å²) in [6.07, 6.45) is 2.01. The van der Waals surface area contributed by atoms with Gasteiger partial charge in [0.05, 0.1) is 27.1 Å². The van der Waals surface area contributed by atoms with Gasteiger partial charge in [-0.05, 0) is 30.3 Å². The standard InChI is InChI=1S/C43H24N4OS/c1-3-12-25(13-4-1)37-36-30-18-11-20-34(41(30)49-43(36)46-42(45-37)26-14-5-2-6-15-26)47-33-19-9-7-16-27(33)32-24-44-38-31(39(32)47)23-22-29-28-17-8-10-21-35(28)48-40(29)38/h1-24H. The number of hydrogen-bond acceptors (Lipinski definition) is 5. The van der Waals surface area contributed by atoms with Crippen LogP contribution in [0.2, 0.25) is 0 Å². The van der Waals surface area contributed by atoms with Crippen LogP contribution in [0.15, 0.2) is 150 Å². The molecule has 0 spiro atoms. The van der Waals surface area contributed by atoms with Gasteiger partial charge < -0.3 is 8.98 Å². The van der Waals surface area contributed by atoms with Gasteiger partial charge in [0, 0.05) is 55.0 Å². The van der Waals surface area contributed by atoms with Crippen molar-refractivity contribution in [3.8, 4) is 28.3 Å². The van der Waals surface area contributed by atoms with Gasteiger partial charge in [0.25, 0.3) is 0 Å². The van der Waals surface area contributed by atoms with Crippen molar-refractivity contribution in [2.24, 2.45) is 0 Å². The van der Waals surface area contributed by atoms with E-state index in [0.29, 0.717) is 0 Å². The number of pyridine rings is 1. The largest absolute Gasteiger partial charge is 0.454 e. The number of rotatable bonds is 3. The van der Waals surface area contributed by atoms with E-state index in [0.717, 1.165) is 103 Å². The lowest BCUT2D eigenvalue weighted by molar-refractivity contribution is 0.671. The van der Waals surface area contributed by atoms with Crippen molar-refractivity contribution in [2.75, 3.05) is 0 Å². The van der Waals surface area contributed by atoms with Crippen molar-refractivity contribution >= 4 is 86.3 Å². The first-order valence-corrected chi connectivity index (χ1v) is 17.1. The third kappa shape index (κ3) is 3.77. The van der Waals surface area contributed by atoms with Gasteiger partial charge in [0.2, 0.25) is 0 Å². The molecule has 228 valence electrons. The molecule has 0 amide bonds. The Labute approximate surface area is 283 Å². The predicted molar refractivity (Wildman–Crippen MR) is 203 cm³/mol. The molecule has 0 saturated carbocycles. The minimum atomic E-state index is 0.726. The Morgan fingerprint density at radius 3 is 2.12 bits per heavy atom. The summed E-state index contributed by atoms with van der Waals surface area (Å²) in [6.45, 7) is 0. The van der Waals surface area contributed by atoms with E-state index in [9.17, 15) is 0 Å². The molecule has 0 unspecified atom stereocenters. The molecule has 0 N–H and O–H groups in total. The maximum atomic E-state index is 6.46. The van der Waals surface area contributed by atoms with Gasteiger partial charge in [-0.2, -0.15) is 0 Å². The van der Waals surface area contributed by atoms with Crippen molar-refractivity contribution in [2.45, 2.75) is 0 Å². The highest BCUT2D eigenvalue weighted by Gasteiger charge is 2.23. The summed E-state index contributed by atoms with van der Waals surface area (Å²) in [5, 5.41) is 7.70. The molecule has 5 heterocycles. The molecule has 49 heavy (non-hydrogen) atoms. The summed E-state index contributed by atoms with van der Waals surface area (Å²) < 4.78 is 10.0. The fraction of sp³-hybridized carbons (Fsp3) is 0. The first kappa shape index (κ1) is 26.7. The molecule has 0 atom stereocenters. The van der Waals surface area contributed by atoms with E-state index in [1.807, 2.05) is 42.6 Å². The van der Waals surface area contributed by atoms with E-state index in [1.165, 1.54) is 0 Å². The zero-order valence-corrected chi connectivity index (χ0v) is 26.8. The number of nitrogens with zero attached hydrogens (tertiary/aromatic N) is 4. The topological polar surface area (TPSA) is 56.7 Å². The highest BCUT2D eigenvalue weighted by molar-refractivity contribution is 7.26. The minimum Gasteiger partial charge on any atom is -0.454 e. The van der Waals surface area contributed by atoms with Crippen LogP contribution in [-0.4, -0.2) is 19.5 Å². The molecule has 11 rings (SSSR count). The Morgan fingerprint density at radius 1 is 0.551 bits per heavy atom. The van der Waals surface area contributed by atoms with Gasteiger partial charge in [-0.25, -0.2) is 9.97 Å². The molecule has 0 fully saturated rings. The van der Waals surface area contributed by atoms with Crippen LogP contribution < -0.4 is 0 Å². The zero-order valence-electron chi connectivity index (χ0n) is 26.0. The molecule has 0 bridgehead atoms. The summed E-state index contributed by atoms with van der Waals surface area (Å²) in [4.78, 5) is 16.4. The van der Waals surface area contributed by atoms with Crippen molar-refractivity contribution in [3.63, 3.8) is 0 Å². The Morgan fingerprint density at radius 2 is 1.27 bits per heavy atom. The van der Waals surface area contributed by atoms with Gasteiger partial charge in [0.1, 0.15) is 15.9 Å². The Kier molecular flexibility index (Phi) is 5.48. The van der Waals surface area contributed by atoms with E-state index in [1.54, 1.807) is 11.3 Å². The van der Waals surface area contributed by atoms with Gasteiger partial charge in [-0.15, -0.1) is 11.3 Å². The monoisotopic (exact) mass is 644 g/mol. The molecule has 5 aromatic heterocycles.